The molecule has 8 nitrogen and oxygen atoms in total. The van der Waals surface area contributed by atoms with E-state index in [4.69, 9.17) is 38.0 Å². The van der Waals surface area contributed by atoms with E-state index in [1.54, 1.807) is 11.0 Å². The van der Waals surface area contributed by atoms with Crippen molar-refractivity contribution in [2.75, 3.05) is 24.7 Å². The minimum atomic E-state index is -0.862. The first-order valence-electron chi connectivity index (χ1n) is 9.78. The fourth-order valence-electron chi connectivity index (χ4n) is 4.67. The maximum absolute atomic E-state index is 10.8. The van der Waals surface area contributed by atoms with Crippen molar-refractivity contribution in [1.29, 1.82) is 0 Å². The molecule has 4 heterocycles. The van der Waals surface area contributed by atoms with Gasteiger partial charge < -0.3 is 14.7 Å². The number of fused-ring (bicyclic) bond motifs is 2. The fourth-order valence-corrected chi connectivity index (χ4v) is 5.60. The van der Waals surface area contributed by atoms with E-state index in [1.807, 2.05) is 12.1 Å². The van der Waals surface area contributed by atoms with Crippen molar-refractivity contribution in [1.82, 2.24) is 19.7 Å². The van der Waals surface area contributed by atoms with Gasteiger partial charge in [0.2, 0.25) is 0 Å². The first-order valence-corrected chi connectivity index (χ1v) is 11.3. The molecule has 3 aliphatic rings. The van der Waals surface area contributed by atoms with Gasteiger partial charge in [0.15, 0.2) is 0 Å². The number of pyridine rings is 1. The first-order chi connectivity index (χ1) is 14.9. The van der Waals surface area contributed by atoms with Gasteiger partial charge in [-0.1, -0.05) is 23.2 Å². The molecule has 2 aromatic heterocycles. The van der Waals surface area contributed by atoms with Crippen LogP contribution in [0, 0.1) is 5.92 Å². The monoisotopic (exact) mass is 525 g/mol. The third-order valence-corrected chi connectivity index (χ3v) is 7.74. The Morgan fingerprint density at radius 1 is 1.32 bits per heavy atom. The SMILES string of the molecule is O=C(O)CCOCC12CC(CN1c1cc(-n3cncn3)c3cc(Br)c(Cl)c(Cl)c3n1)C2. The molecule has 6 rings (SSSR count). The van der Waals surface area contributed by atoms with E-state index < -0.39 is 5.97 Å². The standard InChI is InChI=1S/C20H18BrCl2N5O3/c21-13-3-12-14(28-10-24-9-25-28)4-15(26-19(12)18(23)17(13)22)27-7-11-5-20(27,6-11)8-31-2-1-16(29)30/h3-4,9-11H,1-2,5-8H2,(H,29,30). The second-order valence-corrected chi connectivity index (χ2v) is 9.64. The van der Waals surface area contributed by atoms with Crippen molar-refractivity contribution < 1.29 is 14.6 Å². The van der Waals surface area contributed by atoms with Gasteiger partial charge in [0.1, 0.15) is 18.5 Å². The smallest absolute Gasteiger partial charge is 0.305 e. The van der Waals surface area contributed by atoms with E-state index >= 15 is 0 Å². The number of halogens is 3. The highest BCUT2D eigenvalue weighted by Crippen LogP contribution is 2.52. The number of rotatable bonds is 7. The number of ether oxygens (including phenoxy) is 1. The third-order valence-electron chi connectivity index (χ3n) is 6.03. The van der Waals surface area contributed by atoms with Gasteiger partial charge in [0.25, 0.3) is 0 Å². The molecule has 0 amide bonds. The van der Waals surface area contributed by atoms with E-state index in [0.29, 0.717) is 32.6 Å². The number of aromatic nitrogens is 4. The fraction of sp³-hybridized carbons (Fsp3) is 0.400. The van der Waals surface area contributed by atoms with Crippen molar-refractivity contribution in [2.45, 2.75) is 24.8 Å². The van der Waals surface area contributed by atoms with Crippen LogP contribution in [0.2, 0.25) is 10.0 Å². The van der Waals surface area contributed by atoms with E-state index in [2.05, 4.69) is 30.9 Å². The normalized spacial score (nSPS) is 22.2. The molecule has 162 valence electrons. The maximum Gasteiger partial charge on any atom is 0.305 e. The van der Waals surface area contributed by atoms with Gasteiger partial charge in [0.05, 0.1) is 46.4 Å². The minimum Gasteiger partial charge on any atom is -0.481 e. The summed E-state index contributed by atoms with van der Waals surface area (Å²) in [5.74, 6) is 0.470. The number of carboxylic acid groups (broad SMARTS) is 1. The van der Waals surface area contributed by atoms with Crippen molar-refractivity contribution in [3.05, 3.63) is 39.3 Å². The van der Waals surface area contributed by atoms with Gasteiger partial charge >= 0.3 is 5.97 Å². The predicted molar refractivity (Wildman–Crippen MR) is 120 cm³/mol. The van der Waals surface area contributed by atoms with E-state index in [-0.39, 0.29) is 18.6 Å². The van der Waals surface area contributed by atoms with Gasteiger partial charge in [-0.05, 0) is 40.8 Å². The summed E-state index contributed by atoms with van der Waals surface area (Å²) in [5, 5.41) is 14.7. The van der Waals surface area contributed by atoms with Crippen LogP contribution in [0.3, 0.4) is 0 Å². The summed E-state index contributed by atoms with van der Waals surface area (Å²) >= 11 is 16.4. The zero-order valence-electron chi connectivity index (χ0n) is 16.3. The van der Waals surface area contributed by atoms with E-state index in [0.717, 1.165) is 36.3 Å². The molecule has 1 saturated carbocycles. The average molecular weight is 527 g/mol. The van der Waals surface area contributed by atoms with Crippen LogP contribution in [-0.4, -0.2) is 56.1 Å². The lowest BCUT2D eigenvalue weighted by Gasteiger charge is -2.42. The number of carbonyl (C=O) groups is 1. The molecular weight excluding hydrogens is 509 g/mol. The summed E-state index contributed by atoms with van der Waals surface area (Å²) in [4.78, 5) is 22.0. The molecule has 2 bridgehead atoms. The summed E-state index contributed by atoms with van der Waals surface area (Å²) < 4.78 is 8.09. The molecular formula is C20H18BrCl2N5O3. The lowest BCUT2D eigenvalue weighted by atomic mass is 9.74. The molecule has 0 unspecified atom stereocenters. The number of carboxylic acids is 1. The van der Waals surface area contributed by atoms with Crippen LogP contribution in [-0.2, 0) is 9.53 Å². The van der Waals surface area contributed by atoms with Crippen LogP contribution in [0.5, 0.6) is 0 Å². The Kier molecular flexibility index (Phi) is 5.32. The van der Waals surface area contributed by atoms with Gasteiger partial charge in [-0.25, -0.2) is 14.6 Å². The number of nitrogens with zero attached hydrogens (tertiary/aromatic N) is 5. The Morgan fingerprint density at radius 2 is 2.13 bits per heavy atom. The van der Waals surface area contributed by atoms with Crippen LogP contribution in [0.4, 0.5) is 5.82 Å². The highest BCUT2D eigenvalue weighted by atomic mass is 79.9. The molecule has 3 aromatic rings. The molecule has 1 aliphatic carbocycles. The Bertz CT molecular complexity index is 1170. The molecule has 1 aromatic carbocycles. The van der Waals surface area contributed by atoms with Gasteiger partial charge in [0, 0.05) is 22.5 Å². The van der Waals surface area contributed by atoms with Crippen molar-refractivity contribution in [3.8, 4) is 5.69 Å². The molecule has 2 aliphatic heterocycles. The van der Waals surface area contributed by atoms with Crippen molar-refractivity contribution in [3.63, 3.8) is 0 Å². The molecule has 3 fully saturated rings. The Morgan fingerprint density at radius 3 is 2.84 bits per heavy atom. The number of benzene rings is 1. The Hall–Kier alpha value is -1.94. The molecule has 11 heteroatoms. The summed E-state index contributed by atoms with van der Waals surface area (Å²) in [6, 6.07) is 3.86. The van der Waals surface area contributed by atoms with Crippen LogP contribution >= 0.6 is 39.1 Å². The molecule has 0 spiro atoms. The van der Waals surface area contributed by atoms with Crippen molar-refractivity contribution >= 4 is 61.8 Å². The summed E-state index contributed by atoms with van der Waals surface area (Å²) in [5.41, 5.74) is 1.20. The predicted octanol–water partition coefficient (Wildman–Crippen LogP) is 4.34. The minimum absolute atomic E-state index is 0.00678. The van der Waals surface area contributed by atoms with Gasteiger partial charge in [-0.2, -0.15) is 5.10 Å². The van der Waals surface area contributed by atoms with E-state index in [9.17, 15) is 4.79 Å². The maximum atomic E-state index is 10.8. The highest BCUT2D eigenvalue weighted by Gasteiger charge is 2.56. The van der Waals surface area contributed by atoms with Crippen LogP contribution in [0.25, 0.3) is 16.6 Å². The average Bonchev–Trinajstić information content (AvgIpc) is 3.44. The van der Waals surface area contributed by atoms with Crippen LogP contribution < -0.4 is 4.90 Å². The Balaban J connectivity index is 1.56. The second kappa shape index (κ2) is 7.88. The summed E-state index contributed by atoms with van der Waals surface area (Å²) in [7, 11) is 0. The number of aliphatic carboxylic acids is 1. The molecule has 0 atom stereocenters. The van der Waals surface area contributed by atoms with Crippen LogP contribution in [0.15, 0.2) is 29.3 Å². The number of anilines is 1. The topological polar surface area (TPSA) is 93.4 Å². The summed E-state index contributed by atoms with van der Waals surface area (Å²) in [6.45, 7) is 1.52. The highest BCUT2D eigenvalue weighted by molar-refractivity contribution is 9.10. The zero-order chi connectivity index (χ0) is 21.8. The molecule has 31 heavy (non-hydrogen) atoms. The van der Waals surface area contributed by atoms with Gasteiger partial charge in [-0.3, -0.25) is 4.79 Å². The number of hydrogen-bond donors (Lipinski definition) is 1. The van der Waals surface area contributed by atoms with Crippen LogP contribution in [0.1, 0.15) is 19.3 Å². The largest absolute Gasteiger partial charge is 0.481 e. The zero-order valence-corrected chi connectivity index (χ0v) is 19.4. The lowest BCUT2D eigenvalue weighted by molar-refractivity contribution is -0.138. The molecule has 0 radical (unpaired) electrons. The van der Waals surface area contributed by atoms with Crippen molar-refractivity contribution in [2.24, 2.45) is 5.92 Å². The van der Waals surface area contributed by atoms with E-state index in [1.165, 1.54) is 6.33 Å². The third kappa shape index (κ3) is 3.57. The molecule has 1 N–H and O–H groups in total. The Labute approximate surface area is 196 Å². The second-order valence-electron chi connectivity index (χ2n) is 8.03. The lowest BCUT2D eigenvalue weighted by Crippen LogP contribution is -2.50. The number of hydrogen-bond acceptors (Lipinski definition) is 6. The summed E-state index contributed by atoms with van der Waals surface area (Å²) in [6.07, 6.45) is 5.08. The quantitative estimate of drug-likeness (QED) is 0.361. The molecule has 2 saturated heterocycles. The first kappa shape index (κ1) is 20.9. The van der Waals surface area contributed by atoms with Gasteiger partial charge in [-0.15, -0.1) is 0 Å².